The van der Waals surface area contributed by atoms with Crippen LogP contribution in [-0.4, -0.2) is 44.4 Å². The Hall–Kier alpha value is -3.59. The quantitative estimate of drug-likeness (QED) is 0.516. The molecule has 3 rings (SSSR count). The number of esters is 1. The molecule has 9 heteroatoms. The van der Waals surface area contributed by atoms with Crippen LogP contribution in [0.15, 0.2) is 54.6 Å². The van der Waals surface area contributed by atoms with Crippen LogP contribution in [-0.2, 0) is 20.9 Å². The number of carboxylic acid groups (broad SMARTS) is 1. The van der Waals surface area contributed by atoms with Crippen molar-refractivity contribution in [1.82, 2.24) is 25.5 Å². The number of methoxy groups -OCH3 is 1. The molecule has 0 saturated carbocycles. The molecule has 2 N–H and O–H groups in total. The number of nitrogens with zero attached hydrogens (tertiary/aromatic N) is 4. The third kappa shape index (κ3) is 5.26. The zero-order chi connectivity index (χ0) is 21.5. The molecule has 1 aromatic heterocycles. The van der Waals surface area contributed by atoms with Gasteiger partial charge < -0.3 is 9.84 Å². The summed E-state index contributed by atoms with van der Waals surface area (Å²) in [6.07, 6.45) is -0.134. The number of ether oxygens (including phenoxy) is 1. The maximum absolute atomic E-state index is 11.8. The van der Waals surface area contributed by atoms with Crippen molar-refractivity contribution in [1.29, 1.82) is 0 Å². The Labute approximate surface area is 173 Å². The Morgan fingerprint density at radius 3 is 2.43 bits per heavy atom. The van der Waals surface area contributed by atoms with Crippen LogP contribution in [0.3, 0.4) is 0 Å². The third-order valence-electron chi connectivity index (χ3n) is 4.68. The fraction of sp³-hybridized carbons (Fsp3) is 0.286. The van der Waals surface area contributed by atoms with Gasteiger partial charge in [0, 0.05) is 6.04 Å². The molecule has 0 aliphatic carbocycles. The van der Waals surface area contributed by atoms with Crippen LogP contribution in [0.25, 0.3) is 0 Å². The molecule has 0 radical (unpaired) electrons. The second kappa shape index (κ2) is 9.75. The highest BCUT2D eigenvalue weighted by atomic mass is 16.5. The average molecular weight is 409 g/mol. The van der Waals surface area contributed by atoms with Gasteiger partial charge in [0.2, 0.25) is 0 Å². The maximum Gasteiger partial charge on any atom is 0.327 e. The number of aliphatic carboxylic acids is 1. The van der Waals surface area contributed by atoms with Gasteiger partial charge in [0.05, 0.1) is 19.6 Å². The van der Waals surface area contributed by atoms with Gasteiger partial charge in [0.15, 0.2) is 5.82 Å². The smallest absolute Gasteiger partial charge is 0.327 e. The van der Waals surface area contributed by atoms with Gasteiger partial charge in [0.25, 0.3) is 0 Å². The van der Waals surface area contributed by atoms with E-state index in [1.807, 2.05) is 61.5 Å². The van der Waals surface area contributed by atoms with Gasteiger partial charge in [-0.15, -0.1) is 5.10 Å². The minimum atomic E-state index is -0.936. The summed E-state index contributed by atoms with van der Waals surface area (Å²) in [5, 5.41) is 24.6. The van der Waals surface area contributed by atoms with Gasteiger partial charge >= 0.3 is 11.9 Å². The van der Waals surface area contributed by atoms with Crippen molar-refractivity contribution in [2.45, 2.75) is 32.0 Å². The molecule has 9 nitrogen and oxygen atoms in total. The number of carbonyl (C=O) groups is 2. The van der Waals surface area contributed by atoms with Gasteiger partial charge in [-0.05, 0) is 28.5 Å². The first-order chi connectivity index (χ1) is 14.5. The van der Waals surface area contributed by atoms with Crippen molar-refractivity contribution in [3.63, 3.8) is 0 Å². The molecule has 0 fully saturated rings. The molecule has 0 aliphatic rings. The van der Waals surface area contributed by atoms with E-state index < -0.39 is 24.0 Å². The van der Waals surface area contributed by atoms with Crippen LogP contribution in [0.5, 0.6) is 0 Å². The van der Waals surface area contributed by atoms with E-state index in [9.17, 15) is 14.7 Å². The molecule has 2 atom stereocenters. The van der Waals surface area contributed by atoms with Crippen molar-refractivity contribution in [3.05, 3.63) is 77.1 Å². The summed E-state index contributed by atoms with van der Waals surface area (Å²) in [5.41, 5.74) is 2.74. The van der Waals surface area contributed by atoms with Gasteiger partial charge in [-0.1, -0.05) is 60.2 Å². The van der Waals surface area contributed by atoms with Gasteiger partial charge in [-0.25, -0.2) is 4.68 Å². The van der Waals surface area contributed by atoms with Crippen molar-refractivity contribution in [2.24, 2.45) is 0 Å². The molecule has 2 unspecified atom stereocenters. The van der Waals surface area contributed by atoms with E-state index >= 15 is 0 Å². The first-order valence-corrected chi connectivity index (χ1v) is 9.40. The summed E-state index contributed by atoms with van der Waals surface area (Å²) >= 11 is 0. The topological polar surface area (TPSA) is 119 Å². The molecule has 0 spiro atoms. The van der Waals surface area contributed by atoms with Crippen molar-refractivity contribution < 1.29 is 19.4 Å². The standard InChI is InChI=1S/C21H23N5O4/c1-14-8-10-15(11-9-14)17(12-18(27)28)22-20(16-6-4-3-5-7-16)21-23-24-25-26(21)13-19(29)30-2/h3-11,17,20,22H,12-13H2,1-2H3,(H,27,28). The van der Waals surface area contributed by atoms with Crippen LogP contribution >= 0.6 is 0 Å². The molecule has 0 amide bonds. The molecule has 30 heavy (non-hydrogen) atoms. The van der Waals surface area contributed by atoms with Gasteiger partial charge in [-0.3, -0.25) is 14.9 Å². The Balaban J connectivity index is 2.00. The number of benzene rings is 2. The Kier molecular flexibility index (Phi) is 6.87. The molecule has 2 aromatic carbocycles. The zero-order valence-corrected chi connectivity index (χ0v) is 16.7. The van der Waals surface area contributed by atoms with Gasteiger partial charge in [-0.2, -0.15) is 0 Å². The Bertz CT molecular complexity index is 988. The summed E-state index contributed by atoms with van der Waals surface area (Å²) in [4.78, 5) is 23.3. The van der Waals surface area contributed by atoms with E-state index in [4.69, 9.17) is 4.74 Å². The molecule has 1 heterocycles. The third-order valence-corrected chi connectivity index (χ3v) is 4.68. The molecule has 0 saturated heterocycles. The molecule has 0 bridgehead atoms. The largest absolute Gasteiger partial charge is 0.481 e. The van der Waals surface area contributed by atoms with Crippen LogP contribution in [0.4, 0.5) is 0 Å². The predicted molar refractivity (Wildman–Crippen MR) is 107 cm³/mol. The lowest BCUT2D eigenvalue weighted by Crippen LogP contribution is -2.32. The Morgan fingerprint density at radius 2 is 1.80 bits per heavy atom. The predicted octanol–water partition coefficient (Wildman–Crippen LogP) is 2.05. The van der Waals surface area contributed by atoms with E-state index in [0.29, 0.717) is 5.82 Å². The first kappa shape index (κ1) is 21.1. The van der Waals surface area contributed by atoms with E-state index in [0.717, 1.165) is 16.7 Å². The monoisotopic (exact) mass is 409 g/mol. The lowest BCUT2D eigenvalue weighted by atomic mass is 9.98. The molecule has 3 aromatic rings. The first-order valence-electron chi connectivity index (χ1n) is 9.40. The number of aromatic nitrogens is 4. The number of hydrogen-bond donors (Lipinski definition) is 2. The number of carbonyl (C=O) groups excluding carboxylic acids is 1. The second-order valence-electron chi connectivity index (χ2n) is 6.84. The van der Waals surface area contributed by atoms with Crippen LogP contribution in [0.1, 0.15) is 41.0 Å². The van der Waals surface area contributed by atoms with Crippen molar-refractivity contribution >= 4 is 11.9 Å². The van der Waals surface area contributed by atoms with E-state index in [1.54, 1.807) is 0 Å². The summed E-state index contributed by atoms with van der Waals surface area (Å²) in [7, 11) is 1.29. The second-order valence-corrected chi connectivity index (χ2v) is 6.84. The highest BCUT2D eigenvalue weighted by Crippen LogP contribution is 2.27. The van der Waals surface area contributed by atoms with Crippen molar-refractivity contribution in [3.8, 4) is 0 Å². The normalized spacial score (nSPS) is 12.9. The number of hydrogen-bond acceptors (Lipinski definition) is 7. The van der Waals surface area contributed by atoms with Crippen molar-refractivity contribution in [2.75, 3.05) is 7.11 Å². The molecule has 156 valence electrons. The van der Waals surface area contributed by atoms with E-state index in [1.165, 1.54) is 11.8 Å². The fourth-order valence-corrected chi connectivity index (χ4v) is 3.13. The van der Waals surface area contributed by atoms with Crippen LogP contribution in [0, 0.1) is 6.92 Å². The lowest BCUT2D eigenvalue weighted by molar-refractivity contribution is -0.141. The highest BCUT2D eigenvalue weighted by Gasteiger charge is 2.27. The zero-order valence-electron chi connectivity index (χ0n) is 16.7. The number of rotatable bonds is 9. The fourth-order valence-electron chi connectivity index (χ4n) is 3.13. The van der Waals surface area contributed by atoms with Crippen LogP contribution < -0.4 is 5.32 Å². The number of nitrogens with one attached hydrogen (secondary N) is 1. The van der Waals surface area contributed by atoms with E-state index in [2.05, 4.69) is 20.8 Å². The summed E-state index contributed by atoms with van der Waals surface area (Å²) < 4.78 is 6.08. The minimum Gasteiger partial charge on any atom is -0.481 e. The number of tetrazole rings is 1. The maximum atomic E-state index is 11.8. The van der Waals surface area contributed by atoms with Crippen LogP contribution in [0.2, 0.25) is 0 Å². The minimum absolute atomic E-state index is 0.134. The lowest BCUT2D eigenvalue weighted by Gasteiger charge is -2.25. The van der Waals surface area contributed by atoms with E-state index in [-0.39, 0.29) is 13.0 Å². The summed E-state index contributed by atoms with van der Waals surface area (Å²) in [5.74, 6) is -1.04. The Morgan fingerprint density at radius 1 is 1.10 bits per heavy atom. The summed E-state index contributed by atoms with van der Waals surface area (Å²) in [6.45, 7) is 1.81. The highest BCUT2D eigenvalue weighted by molar-refractivity contribution is 5.69. The van der Waals surface area contributed by atoms with Gasteiger partial charge in [0.1, 0.15) is 6.54 Å². The molecular formula is C21H23N5O4. The number of aryl methyl sites for hydroxylation is 1. The summed E-state index contributed by atoms with van der Waals surface area (Å²) in [6, 6.07) is 16.0. The number of carboxylic acids is 1. The molecule has 0 aliphatic heterocycles. The molecular weight excluding hydrogens is 386 g/mol. The average Bonchev–Trinajstić information content (AvgIpc) is 3.19. The SMILES string of the molecule is COC(=O)Cn1nnnc1C(NC(CC(=O)O)c1ccc(C)cc1)c1ccccc1.